The number of carboxylic acids is 1. The molecule has 9 atom stereocenters. The van der Waals surface area contributed by atoms with Crippen molar-refractivity contribution in [2.24, 2.45) is 50.6 Å². The van der Waals surface area contributed by atoms with Gasteiger partial charge in [0, 0.05) is 11.5 Å². The third-order valence-corrected chi connectivity index (χ3v) is 12.6. The van der Waals surface area contributed by atoms with Gasteiger partial charge >= 0.3 is 5.97 Å². The quantitative estimate of drug-likeness (QED) is 0.494. The Balaban J connectivity index is 1.62. The number of carbonyl (C=O) groups is 2. The Kier molecular flexibility index (Phi) is 5.02. The lowest BCUT2D eigenvalue weighted by molar-refractivity contribution is -0.192. The molecule has 5 rings (SSSR count). The van der Waals surface area contributed by atoms with E-state index in [0.29, 0.717) is 12.8 Å². The predicted octanol–water partition coefficient (Wildman–Crippen LogP) is 5.10. The molecular weight excluding hydrogens is 426 g/mol. The molecule has 0 bridgehead atoms. The lowest BCUT2D eigenvalue weighted by Crippen LogP contribution is -2.72. The standard InChI is InChI=1S/C29H45NO4/c1-24(2)20-7-10-28(6)22(27(20,5)9-8-21(24)32)19(31)15-17-18-16-26(4,23(33)34)12-11-25(18,3)13-14-29(17,28)30/h15,18,20-22,32H,7-14,16,30H2,1-6H3,(H,33,34)/t18-,20+,21+,22-,25-,26+,27+,28-,29+/m1/s1. The summed E-state index contributed by atoms with van der Waals surface area (Å²) in [7, 11) is 0. The summed E-state index contributed by atoms with van der Waals surface area (Å²) in [5.41, 5.74) is 6.45. The van der Waals surface area contributed by atoms with Crippen molar-refractivity contribution in [2.75, 3.05) is 0 Å². The molecule has 5 aliphatic rings. The number of nitrogens with two attached hydrogens (primary N) is 1. The van der Waals surface area contributed by atoms with E-state index in [2.05, 4.69) is 34.6 Å². The van der Waals surface area contributed by atoms with Gasteiger partial charge in [0.05, 0.1) is 11.5 Å². The lowest BCUT2D eigenvalue weighted by atomic mass is 9.35. The number of fused-ring (bicyclic) bond motifs is 7. The molecule has 0 radical (unpaired) electrons. The van der Waals surface area contributed by atoms with Crippen LogP contribution in [0, 0.1) is 44.8 Å². The molecule has 4 saturated carbocycles. The first-order chi connectivity index (χ1) is 15.6. The third-order valence-electron chi connectivity index (χ3n) is 12.6. The predicted molar refractivity (Wildman–Crippen MR) is 132 cm³/mol. The van der Waals surface area contributed by atoms with Crippen molar-refractivity contribution in [2.45, 2.75) is 111 Å². The molecular formula is C29H45NO4. The zero-order valence-corrected chi connectivity index (χ0v) is 22.0. The number of hydrogen-bond donors (Lipinski definition) is 3. The highest BCUT2D eigenvalue weighted by molar-refractivity contribution is 5.96. The first kappa shape index (κ1) is 24.5. The summed E-state index contributed by atoms with van der Waals surface area (Å²) in [5, 5.41) is 20.9. The van der Waals surface area contributed by atoms with E-state index in [1.807, 2.05) is 13.0 Å². The van der Waals surface area contributed by atoms with Crippen LogP contribution in [0.4, 0.5) is 0 Å². The highest BCUT2D eigenvalue weighted by Crippen LogP contribution is 2.71. The van der Waals surface area contributed by atoms with Crippen molar-refractivity contribution in [3.05, 3.63) is 11.6 Å². The van der Waals surface area contributed by atoms with Gasteiger partial charge < -0.3 is 15.9 Å². The highest BCUT2D eigenvalue weighted by atomic mass is 16.4. The number of hydrogen-bond acceptors (Lipinski definition) is 4. The molecule has 4 N–H and O–H groups in total. The Labute approximate surface area is 204 Å². The number of rotatable bonds is 1. The number of aliphatic carboxylic acids is 1. The van der Waals surface area contributed by atoms with Gasteiger partial charge in [0.1, 0.15) is 0 Å². The van der Waals surface area contributed by atoms with Crippen LogP contribution in [0.15, 0.2) is 11.6 Å². The first-order valence-electron chi connectivity index (χ1n) is 13.5. The van der Waals surface area contributed by atoms with Crippen molar-refractivity contribution in [3.8, 4) is 0 Å². The van der Waals surface area contributed by atoms with Gasteiger partial charge in [0.15, 0.2) is 5.78 Å². The van der Waals surface area contributed by atoms with E-state index in [1.54, 1.807) is 0 Å². The third kappa shape index (κ3) is 2.80. The summed E-state index contributed by atoms with van der Waals surface area (Å²) in [5.74, 6) is -0.366. The van der Waals surface area contributed by atoms with E-state index in [4.69, 9.17) is 5.73 Å². The maximum absolute atomic E-state index is 14.1. The fourth-order valence-electron chi connectivity index (χ4n) is 10.1. The minimum atomic E-state index is -0.767. The normalized spacial score (nSPS) is 54.1. The van der Waals surface area contributed by atoms with Crippen LogP contribution in [0.1, 0.15) is 99.3 Å². The van der Waals surface area contributed by atoms with Gasteiger partial charge in [-0.15, -0.1) is 0 Å². The SMILES string of the molecule is CC1(C)[C@@H](O)CC[C@]2(C)[C@H]3C(=O)C=C4[C@H]5C[C@@](C)(C(=O)O)CC[C@]5(C)CC[C@@]4(N)[C@]3(C)CC[C@@H]12. The second kappa shape index (κ2) is 6.97. The summed E-state index contributed by atoms with van der Waals surface area (Å²) in [6, 6.07) is 0. The molecule has 0 aromatic heterocycles. The summed E-state index contributed by atoms with van der Waals surface area (Å²) < 4.78 is 0. The maximum Gasteiger partial charge on any atom is 0.309 e. The number of aliphatic hydroxyl groups is 1. The average molecular weight is 472 g/mol. The van der Waals surface area contributed by atoms with Gasteiger partial charge in [-0.3, -0.25) is 9.59 Å². The summed E-state index contributed by atoms with van der Waals surface area (Å²) >= 11 is 0. The minimum absolute atomic E-state index is 0.00514. The van der Waals surface area contributed by atoms with Gasteiger partial charge in [0.2, 0.25) is 0 Å². The molecule has 5 heteroatoms. The Morgan fingerprint density at radius 2 is 1.62 bits per heavy atom. The molecule has 5 nitrogen and oxygen atoms in total. The molecule has 0 saturated heterocycles. The lowest BCUT2D eigenvalue weighted by Gasteiger charge is -2.70. The monoisotopic (exact) mass is 471 g/mol. The van der Waals surface area contributed by atoms with Crippen molar-refractivity contribution in [1.29, 1.82) is 0 Å². The number of aliphatic hydroxyl groups excluding tert-OH is 1. The highest BCUT2D eigenvalue weighted by Gasteiger charge is 2.70. The second-order valence-electron chi connectivity index (χ2n) is 14.6. The van der Waals surface area contributed by atoms with E-state index in [0.717, 1.165) is 50.5 Å². The minimum Gasteiger partial charge on any atom is -0.481 e. The fourth-order valence-corrected chi connectivity index (χ4v) is 10.1. The maximum atomic E-state index is 14.1. The van der Waals surface area contributed by atoms with Gasteiger partial charge in [-0.2, -0.15) is 0 Å². The van der Waals surface area contributed by atoms with Crippen LogP contribution in [0.2, 0.25) is 0 Å². The fraction of sp³-hybridized carbons (Fsp3) is 0.862. The molecule has 34 heavy (non-hydrogen) atoms. The molecule has 0 spiro atoms. The Morgan fingerprint density at radius 3 is 2.26 bits per heavy atom. The molecule has 0 aromatic carbocycles. The Morgan fingerprint density at radius 1 is 0.971 bits per heavy atom. The average Bonchev–Trinajstić information content (AvgIpc) is 2.73. The number of allylic oxidation sites excluding steroid dienone is 1. The molecule has 0 aromatic rings. The van der Waals surface area contributed by atoms with Crippen molar-refractivity contribution < 1.29 is 19.8 Å². The van der Waals surface area contributed by atoms with Crippen LogP contribution in [-0.4, -0.2) is 33.6 Å². The molecule has 190 valence electrons. The number of ketones is 1. The molecule has 0 amide bonds. The number of carboxylic acid groups (broad SMARTS) is 1. The van der Waals surface area contributed by atoms with Crippen LogP contribution in [0.5, 0.6) is 0 Å². The summed E-state index contributed by atoms with van der Waals surface area (Å²) in [6.07, 6.45) is 8.97. The molecule has 5 aliphatic carbocycles. The van der Waals surface area contributed by atoms with Crippen molar-refractivity contribution >= 4 is 11.8 Å². The van der Waals surface area contributed by atoms with E-state index in [9.17, 15) is 19.8 Å². The van der Waals surface area contributed by atoms with Gasteiger partial charge in [0.25, 0.3) is 0 Å². The van der Waals surface area contributed by atoms with E-state index >= 15 is 0 Å². The van der Waals surface area contributed by atoms with Gasteiger partial charge in [-0.25, -0.2) is 0 Å². The molecule has 0 heterocycles. The van der Waals surface area contributed by atoms with Crippen LogP contribution in [-0.2, 0) is 9.59 Å². The molecule has 4 fully saturated rings. The van der Waals surface area contributed by atoms with Crippen LogP contribution in [0.3, 0.4) is 0 Å². The number of carbonyl (C=O) groups excluding carboxylic acids is 1. The molecule has 0 aliphatic heterocycles. The van der Waals surface area contributed by atoms with Crippen LogP contribution < -0.4 is 5.73 Å². The Bertz CT molecular complexity index is 971. The van der Waals surface area contributed by atoms with Crippen molar-refractivity contribution in [3.63, 3.8) is 0 Å². The zero-order chi connectivity index (χ0) is 25.1. The van der Waals surface area contributed by atoms with E-state index < -0.39 is 16.9 Å². The van der Waals surface area contributed by atoms with E-state index in [1.165, 1.54) is 0 Å². The van der Waals surface area contributed by atoms with Crippen molar-refractivity contribution in [1.82, 2.24) is 0 Å². The molecule has 0 unspecified atom stereocenters. The summed E-state index contributed by atoms with van der Waals surface area (Å²) in [4.78, 5) is 26.3. The summed E-state index contributed by atoms with van der Waals surface area (Å²) in [6.45, 7) is 13.1. The smallest absolute Gasteiger partial charge is 0.309 e. The zero-order valence-electron chi connectivity index (χ0n) is 22.0. The largest absolute Gasteiger partial charge is 0.481 e. The first-order valence-corrected chi connectivity index (χ1v) is 13.5. The topological polar surface area (TPSA) is 101 Å². The van der Waals surface area contributed by atoms with Crippen LogP contribution in [0.25, 0.3) is 0 Å². The Hall–Kier alpha value is -1.20. The van der Waals surface area contributed by atoms with Crippen LogP contribution >= 0.6 is 0 Å². The second-order valence-corrected chi connectivity index (χ2v) is 14.6. The van der Waals surface area contributed by atoms with Gasteiger partial charge in [-0.1, -0.05) is 34.6 Å². The van der Waals surface area contributed by atoms with E-state index in [-0.39, 0.29) is 51.3 Å². The van der Waals surface area contributed by atoms with Gasteiger partial charge in [-0.05, 0) is 110 Å².